The van der Waals surface area contributed by atoms with E-state index in [0.717, 1.165) is 24.3 Å². The predicted octanol–water partition coefficient (Wildman–Crippen LogP) is 3.24. The van der Waals surface area contributed by atoms with Crippen LogP contribution in [-0.2, 0) is 19.4 Å². The molecule has 0 atom stereocenters. The zero-order valence-corrected chi connectivity index (χ0v) is 11.7. The van der Waals surface area contributed by atoms with Crippen molar-refractivity contribution in [2.24, 2.45) is 0 Å². The molecule has 1 heterocycles. The second-order valence-corrected chi connectivity index (χ2v) is 5.27. The highest BCUT2D eigenvalue weighted by Gasteiger charge is 2.10. The Bertz CT molecular complexity index is 650. The van der Waals surface area contributed by atoms with Crippen molar-refractivity contribution in [3.63, 3.8) is 0 Å². The van der Waals surface area contributed by atoms with E-state index in [0.29, 0.717) is 6.61 Å². The van der Waals surface area contributed by atoms with Crippen LogP contribution in [0.3, 0.4) is 0 Å². The van der Waals surface area contributed by atoms with Crippen LogP contribution in [0, 0.1) is 0 Å². The molecule has 0 unspecified atom stereocenters. The predicted molar refractivity (Wildman–Crippen MR) is 78.6 cm³/mol. The van der Waals surface area contributed by atoms with E-state index in [4.69, 9.17) is 9.84 Å². The summed E-state index contributed by atoms with van der Waals surface area (Å²) in [7, 11) is 0. The van der Waals surface area contributed by atoms with Crippen LogP contribution in [0.5, 0.6) is 5.75 Å². The Morgan fingerprint density at radius 3 is 2.67 bits per heavy atom. The van der Waals surface area contributed by atoms with Crippen molar-refractivity contribution < 1.29 is 14.6 Å². The molecule has 0 saturated heterocycles. The number of aryl methyl sites for hydroxylation is 2. The molecule has 0 aliphatic heterocycles. The normalized spacial score (nSPS) is 13.5. The molecule has 3 rings (SSSR count). The molecule has 4 heteroatoms. The second-order valence-electron chi connectivity index (χ2n) is 5.27. The number of nitrogens with zero attached hydrogens (tertiary/aromatic N) is 1. The highest BCUT2D eigenvalue weighted by Crippen LogP contribution is 2.25. The van der Waals surface area contributed by atoms with Gasteiger partial charge in [-0.3, -0.25) is 4.98 Å². The van der Waals surface area contributed by atoms with Crippen molar-refractivity contribution in [2.45, 2.75) is 32.3 Å². The Morgan fingerprint density at radius 2 is 1.95 bits per heavy atom. The van der Waals surface area contributed by atoms with Gasteiger partial charge in [-0.25, -0.2) is 4.79 Å². The maximum Gasteiger partial charge on any atom is 0.337 e. The van der Waals surface area contributed by atoms with Crippen LogP contribution in [0.1, 0.15) is 40.0 Å². The van der Waals surface area contributed by atoms with Crippen LogP contribution < -0.4 is 4.74 Å². The van der Waals surface area contributed by atoms with Gasteiger partial charge in [0, 0.05) is 6.20 Å². The van der Waals surface area contributed by atoms with Crippen LogP contribution in [-0.4, -0.2) is 16.1 Å². The van der Waals surface area contributed by atoms with Crippen molar-refractivity contribution >= 4 is 5.97 Å². The van der Waals surface area contributed by atoms with E-state index in [-0.39, 0.29) is 5.56 Å². The van der Waals surface area contributed by atoms with Gasteiger partial charge in [0.05, 0.1) is 11.3 Å². The molecular weight excluding hydrogens is 266 g/mol. The number of benzene rings is 1. The molecule has 1 aromatic heterocycles. The summed E-state index contributed by atoms with van der Waals surface area (Å²) in [4.78, 5) is 14.9. The van der Waals surface area contributed by atoms with Gasteiger partial charge >= 0.3 is 5.97 Å². The van der Waals surface area contributed by atoms with Crippen LogP contribution in [0.2, 0.25) is 0 Å². The van der Waals surface area contributed by atoms with E-state index in [1.165, 1.54) is 30.2 Å². The Balaban J connectivity index is 1.65. The first-order valence-corrected chi connectivity index (χ1v) is 7.15. The van der Waals surface area contributed by atoms with E-state index in [1.807, 2.05) is 6.07 Å². The van der Waals surface area contributed by atoms with Gasteiger partial charge in [0.1, 0.15) is 12.4 Å². The summed E-state index contributed by atoms with van der Waals surface area (Å²) in [6.45, 7) is 0.346. The van der Waals surface area contributed by atoms with Gasteiger partial charge in [-0.15, -0.1) is 0 Å². The summed E-state index contributed by atoms with van der Waals surface area (Å²) in [5, 5.41) is 8.82. The lowest BCUT2D eigenvalue weighted by molar-refractivity contribution is 0.0696. The molecule has 108 valence electrons. The Kier molecular flexibility index (Phi) is 3.86. The molecule has 1 aromatic carbocycles. The molecular formula is C17H17NO3. The minimum Gasteiger partial charge on any atom is -0.487 e. The smallest absolute Gasteiger partial charge is 0.337 e. The van der Waals surface area contributed by atoms with Crippen LogP contribution in [0.15, 0.2) is 36.5 Å². The molecule has 0 spiro atoms. The topological polar surface area (TPSA) is 59.4 Å². The average Bonchev–Trinajstić information content (AvgIpc) is 2.53. The molecule has 1 aliphatic carbocycles. The number of pyridine rings is 1. The van der Waals surface area contributed by atoms with E-state index in [1.54, 1.807) is 12.1 Å². The third-order valence-electron chi connectivity index (χ3n) is 3.78. The number of carboxylic acid groups (broad SMARTS) is 1. The summed E-state index contributed by atoms with van der Waals surface area (Å²) >= 11 is 0. The number of carboxylic acids is 1. The standard InChI is InChI=1S/C17H17NO3/c19-17(20)14-5-7-15(18-10-14)11-21-16-8-6-12-3-1-2-4-13(12)9-16/h5-10H,1-4,11H2,(H,19,20). The lowest BCUT2D eigenvalue weighted by atomic mass is 9.92. The molecule has 4 nitrogen and oxygen atoms in total. The first-order chi connectivity index (χ1) is 10.2. The monoisotopic (exact) mass is 283 g/mol. The number of aromatic carboxylic acids is 1. The van der Waals surface area contributed by atoms with E-state index >= 15 is 0 Å². The van der Waals surface area contributed by atoms with Crippen molar-refractivity contribution in [1.29, 1.82) is 0 Å². The first kappa shape index (κ1) is 13.6. The van der Waals surface area contributed by atoms with Gasteiger partial charge in [0.15, 0.2) is 0 Å². The summed E-state index contributed by atoms with van der Waals surface area (Å²) in [5.41, 5.74) is 3.72. The maximum absolute atomic E-state index is 10.8. The Hall–Kier alpha value is -2.36. The fraction of sp³-hybridized carbons (Fsp3) is 0.294. The van der Waals surface area contributed by atoms with Crippen LogP contribution in [0.4, 0.5) is 0 Å². The average molecular weight is 283 g/mol. The number of rotatable bonds is 4. The molecule has 1 N–H and O–H groups in total. The zero-order chi connectivity index (χ0) is 14.7. The molecule has 0 saturated carbocycles. The van der Waals surface area contributed by atoms with Gasteiger partial charge in [-0.1, -0.05) is 6.07 Å². The number of aromatic nitrogens is 1. The van der Waals surface area contributed by atoms with E-state index in [9.17, 15) is 4.79 Å². The van der Waals surface area contributed by atoms with Gasteiger partial charge in [0.2, 0.25) is 0 Å². The van der Waals surface area contributed by atoms with Crippen molar-refractivity contribution in [1.82, 2.24) is 4.98 Å². The number of ether oxygens (including phenoxy) is 1. The minimum atomic E-state index is -0.968. The molecule has 0 radical (unpaired) electrons. The highest BCUT2D eigenvalue weighted by atomic mass is 16.5. The van der Waals surface area contributed by atoms with E-state index in [2.05, 4.69) is 17.1 Å². The summed E-state index contributed by atoms with van der Waals surface area (Å²) in [6.07, 6.45) is 6.15. The molecule has 1 aliphatic rings. The third-order valence-corrected chi connectivity index (χ3v) is 3.78. The fourth-order valence-corrected chi connectivity index (χ4v) is 2.59. The van der Waals surface area contributed by atoms with Gasteiger partial charge in [-0.05, 0) is 61.1 Å². The molecule has 21 heavy (non-hydrogen) atoms. The van der Waals surface area contributed by atoms with Gasteiger partial charge in [-0.2, -0.15) is 0 Å². The van der Waals surface area contributed by atoms with Crippen LogP contribution >= 0.6 is 0 Å². The fourth-order valence-electron chi connectivity index (χ4n) is 2.59. The second kappa shape index (κ2) is 5.95. The van der Waals surface area contributed by atoms with Crippen molar-refractivity contribution in [2.75, 3.05) is 0 Å². The number of carbonyl (C=O) groups is 1. The maximum atomic E-state index is 10.8. The summed E-state index contributed by atoms with van der Waals surface area (Å²) in [5.74, 6) is -0.121. The highest BCUT2D eigenvalue weighted by molar-refractivity contribution is 5.87. The Labute approximate surface area is 123 Å². The molecule has 0 fully saturated rings. The lowest BCUT2D eigenvalue weighted by Crippen LogP contribution is -2.04. The first-order valence-electron chi connectivity index (χ1n) is 7.15. The molecule has 0 amide bonds. The minimum absolute atomic E-state index is 0.188. The molecule has 2 aromatic rings. The van der Waals surface area contributed by atoms with Crippen molar-refractivity contribution in [3.8, 4) is 5.75 Å². The number of hydrogen-bond acceptors (Lipinski definition) is 3. The van der Waals surface area contributed by atoms with Gasteiger partial charge in [0.25, 0.3) is 0 Å². The third kappa shape index (κ3) is 3.21. The SMILES string of the molecule is O=C(O)c1ccc(COc2ccc3c(c2)CCCC3)nc1. The lowest BCUT2D eigenvalue weighted by Gasteiger charge is -2.16. The number of fused-ring (bicyclic) bond motifs is 1. The largest absolute Gasteiger partial charge is 0.487 e. The van der Waals surface area contributed by atoms with E-state index < -0.39 is 5.97 Å². The molecule has 0 bridgehead atoms. The Morgan fingerprint density at radius 1 is 1.14 bits per heavy atom. The van der Waals surface area contributed by atoms with Crippen molar-refractivity contribution in [3.05, 3.63) is 58.9 Å². The summed E-state index contributed by atoms with van der Waals surface area (Å²) < 4.78 is 5.75. The quantitative estimate of drug-likeness (QED) is 0.935. The number of hydrogen-bond donors (Lipinski definition) is 1. The van der Waals surface area contributed by atoms with Gasteiger partial charge < -0.3 is 9.84 Å². The van der Waals surface area contributed by atoms with Crippen LogP contribution in [0.25, 0.3) is 0 Å². The zero-order valence-electron chi connectivity index (χ0n) is 11.7. The summed E-state index contributed by atoms with van der Waals surface area (Å²) in [6, 6.07) is 9.48.